The minimum atomic E-state index is -0.0386. The molecule has 1 aromatic rings. The van der Waals surface area contributed by atoms with Crippen molar-refractivity contribution < 1.29 is 4.74 Å². The second-order valence-corrected chi connectivity index (χ2v) is 4.26. The third-order valence-corrected chi connectivity index (χ3v) is 3.45. The van der Waals surface area contributed by atoms with Crippen molar-refractivity contribution in [2.75, 3.05) is 14.2 Å². The predicted molar refractivity (Wildman–Crippen MR) is 58.6 cm³/mol. The Morgan fingerprint density at radius 3 is 2.67 bits per heavy atom. The molecule has 4 nitrogen and oxygen atoms in total. The fraction of sp³-hybridized carbons (Fsp3) is 0.727. The van der Waals surface area contributed by atoms with Gasteiger partial charge in [-0.1, -0.05) is 0 Å². The van der Waals surface area contributed by atoms with Gasteiger partial charge in [0.25, 0.3) is 0 Å². The first-order valence-corrected chi connectivity index (χ1v) is 5.44. The highest BCUT2D eigenvalue weighted by atomic mass is 16.5. The molecule has 0 aliphatic heterocycles. The Morgan fingerprint density at radius 1 is 1.60 bits per heavy atom. The van der Waals surface area contributed by atoms with Gasteiger partial charge in [-0.2, -0.15) is 5.10 Å². The maximum absolute atomic E-state index is 5.68. The number of nitrogens with one attached hydrogen (secondary N) is 1. The van der Waals surface area contributed by atoms with Crippen LogP contribution in [0.2, 0.25) is 0 Å². The molecule has 0 radical (unpaired) electrons. The first kappa shape index (κ1) is 10.6. The summed E-state index contributed by atoms with van der Waals surface area (Å²) in [5.74, 6) is 0. The van der Waals surface area contributed by atoms with Gasteiger partial charge < -0.3 is 10.1 Å². The molecule has 1 fully saturated rings. The molecule has 0 aromatic carbocycles. The number of aromatic nitrogens is 2. The lowest BCUT2D eigenvalue weighted by Gasteiger charge is -2.45. The molecule has 84 valence electrons. The van der Waals surface area contributed by atoms with Gasteiger partial charge in [-0.3, -0.25) is 4.68 Å². The molecule has 1 N–H and O–H groups in total. The van der Waals surface area contributed by atoms with Crippen LogP contribution in [0, 0.1) is 0 Å². The molecule has 1 saturated carbocycles. The zero-order valence-corrected chi connectivity index (χ0v) is 9.66. The topological polar surface area (TPSA) is 39.1 Å². The molecule has 1 atom stereocenters. The summed E-state index contributed by atoms with van der Waals surface area (Å²) in [6.07, 6.45) is 5.46. The molecular formula is C11H19N3O. The van der Waals surface area contributed by atoms with Crippen LogP contribution in [0.1, 0.15) is 31.0 Å². The van der Waals surface area contributed by atoms with Crippen molar-refractivity contribution in [2.24, 2.45) is 7.05 Å². The summed E-state index contributed by atoms with van der Waals surface area (Å²) in [7, 11) is 5.71. The molecule has 0 saturated heterocycles. The minimum Gasteiger partial charge on any atom is -0.376 e. The third-order valence-electron chi connectivity index (χ3n) is 3.45. The van der Waals surface area contributed by atoms with E-state index in [2.05, 4.69) is 16.5 Å². The van der Waals surface area contributed by atoms with Crippen LogP contribution < -0.4 is 5.32 Å². The highest BCUT2D eigenvalue weighted by Gasteiger charge is 2.45. The molecule has 0 bridgehead atoms. The van der Waals surface area contributed by atoms with Crippen molar-refractivity contribution in [1.29, 1.82) is 0 Å². The number of aryl methyl sites for hydroxylation is 1. The molecule has 1 aliphatic rings. The number of methoxy groups -OCH3 is 1. The maximum Gasteiger partial charge on any atom is 0.0888 e. The van der Waals surface area contributed by atoms with Crippen LogP contribution in [0.25, 0.3) is 0 Å². The highest BCUT2D eigenvalue weighted by molar-refractivity contribution is 5.14. The standard InChI is InChI=1S/C11H19N3O/c1-12-10(9-5-8-14(2)13-9)11(15-3)6-4-7-11/h5,8,10,12H,4,6-7H2,1-3H3. The maximum atomic E-state index is 5.68. The minimum absolute atomic E-state index is 0.0386. The first-order chi connectivity index (χ1) is 7.22. The van der Waals surface area contributed by atoms with E-state index in [4.69, 9.17) is 4.74 Å². The summed E-state index contributed by atoms with van der Waals surface area (Å²) in [4.78, 5) is 0. The highest BCUT2D eigenvalue weighted by Crippen LogP contribution is 2.44. The number of hydrogen-bond acceptors (Lipinski definition) is 3. The third kappa shape index (κ3) is 1.68. The van der Waals surface area contributed by atoms with E-state index in [0.717, 1.165) is 18.5 Å². The van der Waals surface area contributed by atoms with E-state index in [1.165, 1.54) is 6.42 Å². The molecular weight excluding hydrogens is 190 g/mol. The Morgan fingerprint density at radius 2 is 2.33 bits per heavy atom. The molecule has 1 aromatic heterocycles. The Kier molecular flexibility index (Phi) is 2.80. The predicted octanol–water partition coefficient (Wildman–Crippen LogP) is 1.25. The van der Waals surface area contributed by atoms with Gasteiger partial charge in [0, 0.05) is 20.4 Å². The van der Waals surface area contributed by atoms with Gasteiger partial charge in [-0.15, -0.1) is 0 Å². The smallest absolute Gasteiger partial charge is 0.0888 e. The van der Waals surface area contributed by atoms with Crippen molar-refractivity contribution >= 4 is 0 Å². The fourth-order valence-corrected chi connectivity index (χ4v) is 2.40. The van der Waals surface area contributed by atoms with Gasteiger partial charge in [0.05, 0.1) is 17.3 Å². The molecule has 1 heterocycles. The zero-order valence-electron chi connectivity index (χ0n) is 9.66. The zero-order chi connectivity index (χ0) is 10.9. The Hall–Kier alpha value is -0.870. The summed E-state index contributed by atoms with van der Waals surface area (Å²) in [5.41, 5.74) is 1.03. The van der Waals surface area contributed by atoms with Crippen molar-refractivity contribution in [2.45, 2.75) is 30.9 Å². The molecule has 1 aliphatic carbocycles. The average Bonchev–Trinajstić information content (AvgIpc) is 2.58. The number of ether oxygens (including phenoxy) is 1. The van der Waals surface area contributed by atoms with Gasteiger partial charge in [-0.25, -0.2) is 0 Å². The number of likely N-dealkylation sites (N-methyl/N-ethyl adjacent to an activating group) is 1. The Bertz CT molecular complexity index is 325. The van der Waals surface area contributed by atoms with Crippen LogP contribution in [0.15, 0.2) is 12.3 Å². The second kappa shape index (κ2) is 3.94. The normalized spacial score (nSPS) is 21.0. The SMILES string of the molecule is CNC(c1ccn(C)n1)C1(OC)CCC1. The molecule has 15 heavy (non-hydrogen) atoms. The molecule has 2 rings (SSSR count). The second-order valence-electron chi connectivity index (χ2n) is 4.26. The summed E-state index contributed by atoms with van der Waals surface area (Å²) < 4.78 is 7.51. The van der Waals surface area contributed by atoms with E-state index < -0.39 is 0 Å². The van der Waals surface area contributed by atoms with Crippen LogP contribution in [0.5, 0.6) is 0 Å². The van der Waals surface area contributed by atoms with Crippen LogP contribution in [0.3, 0.4) is 0 Å². The first-order valence-electron chi connectivity index (χ1n) is 5.44. The number of rotatable bonds is 4. The summed E-state index contributed by atoms with van der Waals surface area (Å²) >= 11 is 0. The van der Waals surface area contributed by atoms with Crippen LogP contribution in [-0.4, -0.2) is 29.5 Å². The lowest BCUT2D eigenvalue weighted by atomic mass is 9.73. The molecule has 1 unspecified atom stereocenters. The van der Waals surface area contributed by atoms with E-state index in [0.29, 0.717) is 0 Å². The van der Waals surface area contributed by atoms with Gasteiger partial charge >= 0.3 is 0 Å². The molecule has 4 heteroatoms. The van der Waals surface area contributed by atoms with E-state index >= 15 is 0 Å². The van der Waals surface area contributed by atoms with Gasteiger partial charge in [0.1, 0.15) is 0 Å². The summed E-state index contributed by atoms with van der Waals surface area (Å²) in [6, 6.07) is 2.26. The average molecular weight is 209 g/mol. The van der Waals surface area contributed by atoms with Gasteiger partial charge in [-0.05, 0) is 32.4 Å². The lowest BCUT2D eigenvalue weighted by Crippen LogP contribution is -2.49. The fourth-order valence-electron chi connectivity index (χ4n) is 2.40. The summed E-state index contributed by atoms with van der Waals surface area (Å²) in [6.45, 7) is 0. The number of nitrogens with zero attached hydrogens (tertiary/aromatic N) is 2. The Balaban J connectivity index is 2.23. The van der Waals surface area contributed by atoms with E-state index in [-0.39, 0.29) is 11.6 Å². The van der Waals surface area contributed by atoms with Gasteiger partial charge in [0.15, 0.2) is 0 Å². The van der Waals surface area contributed by atoms with E-state index in [1.807, 2.05) is 25.0 Å². The number of hydrogen-bond donors (Lipinski definition) is 1. The van der Waals surface area contributed by atoms with Crippen LogP contribution in [0.4, 0.5) is 0 Å². The van der Waals surface area contributed by atoms with Crippen molar-refractivity contribution in [3.63, 3.8) is 0 Å². The molecule has 0 amide bonds. The largest absolute Gasteiger partial charge is 0.376 e. The van der Waals surface area contributed by atoms with E-state index in [1.54, 1.807) is 7.11 Å². The monoisotopic (exact) mass is 209 g/mol. The lowest BCUT2D eigenvalue weighted by molar-refractivity contribution is -0.0992. The van der Waals surface area contributed by atoms with Crippen molar-refractivity contribution in [3.8, 4) is 0 Å². The van der Waals surface area contributed by atoms with Crippen molar-refractivity contribution in [1.82, 2.24) is 15.1 Å². The van der Waals surface area contributed by atoms with Crippen LogP contribution >= 0.6 is 0 Å². The van der Waals surface area contributed by atoms with E-state index in [9.17, 15) is 0 Å². The Labute approximate surface area is 90.6 Å². The van der Waals surface area contributed by atoms with Crippen LogP contribution in [-0.2, 0) is 11.8 Å². The van der Waals surface area contributed by atoms with Gasteiger partial charge in [0.2, 0.25) is 0 Å². The molecule has 0 spiro atoms. The summed E-state index contributed by atoms with van der Waals surface area (Å²) in [5, 5.41) is 7.78. The quantitative estimate of drug-likeness (QED) is 0.811. The van der Waals surface area contributed by atoms with Crippen molar-refractivity contribution in [3.05, 3.63) is 18.0 Å².